The van der Waals surface area contributed by atoms with Crippen LogP contribution in [0.25, 0.3) is 0 Å². The van der Waals surface area contributed by atoms with Gasteiger partial charge in [-0.3, -0.25) is 4.74 Å². The van der Waals surface area contributed by atoms with E-state index in [1.165, 1.54) is 0 Å². The van der Waals surface area contributed by atoms with E-state index in [1.807, 2.05) is 9.47 Å². The molecule has 3 unspecified atom stereocenters. The quantitative estimate of drug-likeness (QED) is 0.524. The summed E-state index contributed by atoms with van der Waals surface area (Å²) in [6.07, 6.45) is -20.3. The fourth-order valence-electron chi connectivity index (χ4n) is 1.07. The second kappa shape index (κ2) is 5.39. The van der Waals surface area contributed by atoms with E-state index < -0.39 is 36.2 Å². The third kappa shape index (κ3) is 3.07. The minimum atomic E-state index is -6.95. The van der Waals surface area contributed by atoms with Crippen LogP contribution in [-0.2, 0) is 9.47 Å². The van der Waals surface area contributed by atoms with Gasteiger partial charge in [0.25, 0.3) is 0 Å². The molecule has 1 aliphatic rings. The molecule has 0 bridgehead atoms. The molecule has 1 heterocycles. The summed E-state index contributed by atoms with van der Waals surface area (Å²) in [7, 11) is 0. The van der Waals surface area contributed by atoms with E-state index in [1.54, 1.807) is 0 Å². The third-order valence-corrected chi connectivity index (χ3v) is 2.04. The summed E-state index contributed by atoms with van der Waals surface area (Å²) in [5.41, 5.74) is 0. The Morgan fingerprint density at radius 1 is 0.667 bits per heavy atom. The summed E-state index contributed by atoms with van der Waals surface area (Å²) in [5.74, 6) is -13.2. The zero-order chi connectivity index (χ0) is 16.4. The Balaban J connectivity index is 0.00000400. The minimum absolute atomic E-state index is 0. The van der Waals surface area contributed by atoms with Crippen LogP contribution < -0.4 is 0 Å². The molecule has 3 atom stereocenters. The van der Waals surface area contributed by atoms with E-state index in [9.17, 15) is 48.3 Å². The summed E-state index contributed by atoms with van der Waals surface area (Å²) in [5, 5.41) is 8.14. The summed E-state index contributed by atoms with van der Waals surface area (Å²) in [6, 6.07) is -6.13. The van der Waals surface area contributed by atoms with Crippen LogP contribution in [0.15, 0.2) is 0 Å². The maximum atomic E-state index is 13.1. The maximum absolute atomic E-state index is 13.1. The first-order valence-electron chi connectivity index (χ1n) is 4.12. The van der Waals surface area contributed by atoms with Crippen molar-refractivity contribution in [1.29, 1.82) is 0 Å². The third-order valence-electron chi connectivity index (χ3n) is 2.04. The van der Waals surface area contributed by atoms with Crippen LogP contribution in [0.1, 0.15) is 0 Å². The topological polar surface area (TPSA) is 38.7 Å². The van der Waals surface area contributed by atoms with Gasteiger partial charge in [0, 0.05) is 0 Å². The Kier molecular flexibility index (Phi) is 5.58. The molecule has 0 aliphatic carbocycles. The van der Waals surface area contributed by atoms with Gasteiger partial charge in [-0.15, -0.1) is 0 Å². The molecule has 0 aromatic carbocycles. The number of alkyl halides is 11. The van der Waals surface area contributed by atoms with Crippen molar-refractivity contribution in [3.8, 4) is 0 Å². The molecule has 0 aromatic heterocycles. The van der Waals surface area contributed by atoms with Crippen molar-refractivity contribution in [2.45, 2.75) is 36.2 Å². The molecule has 1 rings (SSSR count). The van der Waals surface area contributed by atoms with Crippen molar-refractivity contribution in [2.75, 3.05) is 0 Å². The molecule has 0 saturated carbocycles. The zero-order valence-electron chi connectivity index (χ0n) is 8.42. The standard InChI is InChI=1S/C6HF11O3.K.H/c7-1(3(9,10)11)5(15,16)20-6(17,18)2(8,19-1)4(12,13)14;;/h18H;;. The number of rotatable bonds is 0. The van der Waals surface area contributed by atoms with E-state index in [0.717, 1.165) is 0 Å². The summed E-state index contributed by atoms with van der Waals surface area (Å²) in [6.45, 7) is 0. The molecule has 122 valence electrons. The molecule has 3 nitrogen and oxygen atoms in total. The van der Waals surface area contributed by atoms with Crippen LogP contribution >= 0.6 is 0 Å². The fourth-order valence-corrected chi connectivity index (χ4v) is 1.07. The van der Waals surface area contributed by atoms with Gasteiger partial charge in [0.2, 0.25) is 0 Å². The van der Waals surface area contributed by atoms with E-state index >= 15 is 0 Å². The molecule has 1 N–H and O–H groups in total. The first kappa shape index (κ1) is 21.7. The van der Waals surface area contributed by atoms with Gasteiger partial charge in [0.05, 0.1) is 0 Å². The predicted molar refractivity (Wildman–Crippen MR) is 40.1 cm³/mol. The van der Waals surface area contributed by atoms with Crippen molar-refractivity contribution in [3.63, 3.8) is 0 Å². The van der Waals surface area contributed by atoms with Crippen LogP contribution in [-0.4, -0.2) is 92.7 Å². The van der Waals surface area contributed by atoms with Gasteiger partial charge >= 0.3 is 87.6 Å². The normalized spacial score (nSPS) is 40.6. The molecule has 0 aromatic rings. The van der Waals surface area contributed by atoms with Crippen molar-refractivity contribution < 1.29 is 62.9 Å². The average Bonchev–Trinajstić information content (AvgIpc) is 2.09. The van der Waals surface area contributed by atoms with Gasteiger partial charge in [0.15, 0.2) is 0 Å². The van der Waals surface area contributed by atoms with Crippen LogP contribution in [0, 0.1) is 0 Å². The zero-order valence-corrected chi connectivity index (χ0v) is 8.42. The second-order valence-electron chi connectivity index (χ2n) is 3.47. The van der Waals surface area contributed by atoms with E-state index in [0.29, 0.717) is 0 Å². The molecule has 15 heteroatoms. The number of aliphatic hydroxyl groups is 1. The van der Waals surface area contributed by atoms with Crippen LogP contribution in [0.4, 0.5) is 48.3 Å². The summed E-state index contributed by atoms with van der Waals surface area (Å²) in [4.78, 5) is 0. The van der Waals surface area contributed by atoms with Gasteiger partial charge in [-0.2, -0.15) is 48.3 Å². The summed E-state index contributed by atoms with van der Waals surface area (Å²) < 4.78 is 140. The van der Waals surface area contributed by atoms with Gasteiger partial charge in [-0.1, -0.05) is 0 Å². The van der Waals surface area contributed by atoms with E-state index in [2.05, 4.69) is 0 Å². The van der Waals surface area contributed by atoms with Gasteiger partial charge in [0.1, 0.15) is 0 Å². The molecule has 1 fully saturated rings. The first-order chi connectivity index (χ1) is 8.41. The Bertz CT molecular complexity index is 370. The van der Waals surface area contributed by atoms with Crippen molar-refractivity contribution in [2.24, 2.45) is 0 Å². The molecule has 0 spiro atoms. The average molecular weight is 370 g/mol. The van der Waals surface area contributed by atoms with Gasteiger partial charge in [-0.25, -0.2) is 4.74 Å². The SMILES string of the molecule is OC1(F)OC(F)(F)C(F)(C(F)(F)F)OC1(F)C(F)(F)F.[KH]. The molecule has 0 radical (unpaired) electrons. The van der Waals surface area contributed by atoms with Crippen LogP contribution in [0.3, 0.4) is 0 Å². The fraction of sp³-hybridized carbons (Fsp3) is 1.00. The van der Waals surface area contributed by atoms with Crippen LogP contribution in [0.2, 0.25) is 0 Å². The Hall–Kier alpha value is 0.746. The Morgan fingerprint density at radius 3 is 1.29 bits per heavy atom. The Morgan fingerprint density at radius 2 is 1.00 bits per heavy atom. The van der Waals surface area contributed by atoms with Crippen molar-refractivity contribution >= 4 is 51.4 Å². The monoisotopic (exact) mass is 370 g/mol. The Labute approximate surface area is 149 Å². The molecular formula is C6H2F11KO3. The van der Waals surface area contributed by atoms with E-state index in [4.69, 9.17) is 5.11 Å². The van der Waals surface area contributed by atoms with Crippen molar-refractivity contribution in [1.82, 2.24) is 0 Å². The summed E-state index contributed by atoms with van der Waals surface area (Å²) >= 11 is 0. The first-order valence-corrected chi connectivity index (χ1v) is 4.12. The van der Waals surface area contributed by atoms with Crippen molar-refractivity contribution in [3.05, 3.63) is 0 Å². The number of hydrogen-bond acceptors (Lipinski definition) is 3. The predicted octanol–water partition coefficient (Wildman–Crippen LogP) is 2.05. The molecule has 21 heavy (non-hydrogen) atoms. The van der Waals surface area contributed by atoms with Gasteiger partial charge in [-0.05, 0) is 0 Å². The van der Waals surface area contributed by atoms with Gasteiger partial charge < -0.3 is 5.11 Å². The molecule has 0 amide bonds. The second-order valence-corrected chi connectivity index (χ2v) is 3.47. The van der Waals surface area contributed by atoms with E-state index in [-0.39, 0.29) is 51.4 Å². The molecular weight excluding hydrogens is 368 g/mol. The molecule has 1 saturated heterocycles. The number of halogens is 11. The number of hydrogen-bond donors (Lipinski definition) is 1. The number of ether oxygens (including phenoxy) is 2. The van der Waals surface area contributed by atoms with Crippen LogP contribution in [0.5, 0.6) is 0 Å². The molecule has 1 aliphatic heterocycles.